The van der Waals surface area contributed by atoms with Crippen LogP contribution in [0.4, 0.5) is 15.0 Å². The van der Waals surface area contributed by atoms with Gasteiger partial charge >= 0.3 is 5.30 Å². The molecule has 3 heterocycles. The molecule has 0 amide bonds. The number of aliphatic hydroxyl groups excluding tert-OH is 1. The number of anilines is 1. The van der Waals surface area contributed by atoms with Crippen LogP contribution < -0.4 is 5.73 Å². The molecule has 26 heavy (non-hydrogen) atoms. The third kappa shape index (κ3) is 3.62. The minimum atomic E-state index is -1.67. The van der Waals surface area contributed by atoms with Gasteiger partial charge in [-0.15, -0.1) is 0 Å². The SMILES string of the molecule is CC(C)SC(=O)O[C@H]1[C@H](F)[C@H](n2cc(I)c3c(N)ncnc32)O[C@@H]1CO. The first-order valence-corrected chi connectivity index (χ1v) is 9.83. The first-order chi connectivity index (χ1) is 12.3. The monoisotopic (exact) mass is 496 g/mol. The standard InChI is InChI=1S/C15H18FIN4O4S/c1-6(2)26-15(23)25-11-8(4-22)24-14(10(11)16)21-3-7(17)9-12(18)19-5-20-13(9)21/h3,5-6,8,10-11,14,22H,4H2,1-2H3,(H2,18,19,20)/t8-,10+,11-,14-/m1/s1. The Labute approximate surface area is 166 Å². The summed E-state index contributed by atoms with van der Waals surface area (Å²) < 4.78 is 28.2. The van der Waals surface area contributed by atoms with Gasteiger partial charge in [0, 0.05) is 15.0 Å². The van der Waals surface area contributed by atoms with Gasteiger partial charge in [0.15, 0.2) is 18.5 Å². The molecule has 0 aromatic carbocycles. The number of alkyl halides is 1. The molecule has 0 spiro atoms. The molecule has 1 saturated heterocycles. The molecule has 0 aliphatic carbocycles. The van der Waals surface area contributed by atoms with Gasteiger partial charge in [-0.1, -0.05) is 13.8 Å². The normalized spacial score (nSPS) is 25.9. The molecule has 2 aromatic rings. The van der Waals surface area contributed by atoms with Crippen LogP contribution in [0.3, 0.4) is 0 Å². The lowest BCUT2D eigenvalue weighted by molar-refractivity contribution is -0.0459. The molecule has 1 aliphatic heterocycles. The summed E-state index contributed by atoms with van der Waals surface area (Å²) >= 11 is 3.01. The summed E-state index contributed by atoms with van der Waals surface area (Å²) in [5.41, 5.74) is 6.29. The molecule has 1 fully saturated rings. The largest absolute Gasteiger partial charge is 0.448 e. The number of nitrogen functional groups attached to an aromatic ring is 1. The van der Waals surface area contributed by atoms with E-state index in [0.29, 0.717) is 11.0 Å². The number of hydrogen-bond acceptors (Lipinski definition) is 8. The van der Waals surface area contributed by atoms with Gasteiger partial charge in [-0.05, 0) is 34.4 Å². The van der Waals surface area contributed by atoms with Crippen LogP contribution in [0, 0.1) is 3.57 Å². The summed E-state index contributed by atoms with van der Waals surface area (Å²) in [6.07, 6.45) is -2.03. The summed E-state index contributed by atoms with van der Waals surface area (Å²) in [6.45, 7) is 3.18. The van der Waals surface area contributed by atoms with Crippen molar-refractivity contribution in [1.29, 1.82) is 0 Å². The molecule has 142 valence electrons. The third-order valence-electron chi connectivity index (χ3n) is 3.88. The number of halogens is 2. The highest BCUT2D eigenvalue weighted by atomic mass is 127. The number of nitrogens with zero attached hydrogens (tertiary/aromatic N) is 3. The van der Waals surface area contributed by atoms with E-state index in [1.54, 1.807) is 6.20 Å². The molecular formula is C15H18FIN4O4S. The van der Waals surface area contributed by atoms with Gasteiger partial charge in [-0.3, -0.25) is 0 Å². The fourth-order valence-corrected chi connectivity index (χ4v) is 4.16. The quantitative estimate of drug-likeness (QED) is 0.491. The predicted octanol–water partition coefficient (Wildman–Crippen LogP) is 2.49. The highest BCUT2D eigenvalue weighted by molar-refractivity contribution is 14.1. The topological polar surface area (TPSA) is 112 Å². The predicted molar refractivity (Wildman–Crippen MR) is 104 cm³/mol. The average Bonchev–Trinajstić information content (AvgIpc) is 3.06. The van der Waals surface area contributed by atoms with E-state index in [0.717, 1.165) is 15.3 Å². The first kappa shape index (κ1) is 19.6. The van der Waals surface area contributed by atoms with Crippen LogP contribution in [-0.2, 0) is 9.47 Å². The van der Waals surface area contributed by atoms with Crippen LogP contribution in [0.25, 0.3) is 11.0 Å². The molecule has 2 aromatic heterocycles. The number of thioether (sulfide) groups is 1. The second-order valence-corrected chi connectivity index (χ2v) is 8.71. The summed E-state index contributed by atoms with van der Waals surface area (Å²) in [4.78, 5) is 20.0. The highest BCUT2D eigenvalue weighted by Crippen LogP contribution is 2.38. The van der Waals surface area contributed by atoms with Crippen molar-refractivity contribution in [1.82, 2.24) is 14.5 Å². The number of rotatable bonds is 4. The lowest BCUT2D eigenvalue weighted by Crippen LogP contribution is -2.35. The highest BCUT2D eigenvalue weighted by Gasteiger charge is 2.49. The van der Waals surface area contributed by atoms with Crippen molar-refractivity contribution in [2.24, 2.45) is 0 Å². The Balaban J connectivity index is 1.90. The zero-order valence-electron chi connectivity index (χ0n) is 14.0. The first-order valence-electron chi connectivity index (χ1n) is 7.87. The van der Waals surface area contributed by atoms with Gasteiger partial charge in [0.25, 0.3) is 0 Å². The van der Waals surface area contributed by atoms with E-state index >= 15 is 4.39 Å². The van der Waals surface area contributed by atoms with Crippen molar-refractivity contribution in [3.05, 3.63) is 16.1 Å². The van der Waals surface area contributed by atoms with Crippen LogP contribution in [0.2, 0.25) is 0 Å². The molecule has 0 radical (unpaired) electrons. The number of carbonyl (C=O) groups is 1. The van der Waals surface area contributed by atoms with Gasteiger partial charge in [0.05, 0.1) is 12.0 Å². The Hall–Kier alpha value is -1.18. The lowest BCUT2D eigenvalue weighted by atomic mass is 10.1. The van der Waals surface area contributed by atoms with E-state index in [1.807, 2.05) is 13.8 Å². The zero-order chi connectivity index (χ0) is 19.0. The maximum Gasteiger partial charge on any atom is 0.368 e. The molecule has 4 atom stereocenters. The maximum atomic E-state index is 15.1. The number of aromatic nitrogens is 3. The van der Waals surface area contributed by atoms with Gasteiger partial charge < -0.3 is 24.9 Å². The van der Waals surface area contributed by atoms with E-state index in [9.17, 15) is 9.90 Å². The van der Waals surface area contributed by atoms with Crippen molar-refractivity contribution in [2.45, 2.75) is 43.7 Å². The second kappa shape index (κ2) is 7.82. The van der Waals surface area contributed by atoms with E-state index in [2.05, 4.69) is 32.6 Å². The molecule has 3 N–H and O–H groups in total. The van der Waals surface area contributed by atoms with Crippen molar-refractivity contribution in [3.8, 4) is 0 Å². The maximum absolute atomic E-state index is 15.1. The molecule has 11 heteroatoms. The van der Waals surface area contributed by atoms with Crippen molar-refractivity contribution >= 4 is 56.5 Å². The van der Waals surface area contributed by atoms with E-state index in [-0.39, 0.29) is 11.1 Å². The number of aliphatic hydroxyl groups is 1. The molecule has 3 rings (SSSR count). The van der Waals surface area contributed by atoms with E-state index < -0.39 is 36.5 Å². The molecular weight excluding hydrogens is 478 g/mol. The minimum Gasteiger partial charge on any atom is -0.448 e. The fraction of sp³-hybridized carbons (Fsp3) is 0.533. The molecule has 1 aliphatic rings. The van der Waals surface area contributed by atoms with E-state index in [1.165, 1.54) is 10.9 Å². The number of fused-ring (bicyclic) bond motifs is 1. The lowest BCUT2D eigenvalue weighted by Gasteiger charge is -2.18. The molecule has 0 bridgehead atoms. The summed E-state index contributed by atoms with van der Waals surface area (Å²) in [6, 6.07) is 0. The summed E-state index contributed by atoms with van der Waals surface area (Å²) in [5, 5.41) is 9.53. The Morgan fingerprint density at radius 1 is 1.58 bits per heavy atom. The second-order valence-electron chi connectivity index (χ2n) is 6.03. The molecule has 0 saturated carbocycles. The fourth-order valence-electron chi connectivity index (χ4n) is 2.79. The van der Waals surface area contributed by atoms with Gasteiger partial charge in [-0.25, -0.2) is 19.2 Å². The Kier molecular flexibility index (Phi) is 5.89. The van der Waals surface area contributed by atoms with Crippen LogP contribution in [0.1, 0.15) is 20.1 Å². The van der Waals surface area contributed by atoms with Gasteiger partial charge in [-0.2, -0.15) is 0 Å². The van der Waals surface area contributed by atoms with Crippen LogP contribution in [0.5, 0.6) is 0 Å². The van der Waals surface area contributed by atoms with E-state index in [4.69, 9.17) is 15.2 Å². The van der Waals surface area contributed by atoms with Crippen LogP contribution in [0.15, 0.2) is 12.5 Å². The number of ether oxygens (including phenoxy) is 2. The average molecular weight is 496 g/mol. The summed E-state index contributed by atoms with van der Waals surface area (Å²) in [7, 11) is 0. The Morgan fingerprint density at radius 2 is 2.31 bits per heavy atom. The Bertz CT molecular complexity index is 820. The van der Waals surface area contributed by atoms with Crippen LogP contribution >= 0.6 is 34.4 Å². The number of hydrogen-bond donors (Lipinski definition) is 2. The number of carbonyl (C=O) groups excluding carboxylic acids is 1. The van der Waals surface area contributed by atoms with Gasteiger partial charge in [0.2, 0.25) is 0 Å². The molecule has 0 unspecified atom stereocenters. The van der Waals surface area contributed by atoms with Crippen molar-refractivity contribution in [2.75, 3.05) is 12.3 Å². The number of nitrogens with two attached hydrogens (primary N) is 1. The minimum absolute atomic E-state index is 0.000835. The molecule has 8 nitrogen and oxygen atoms in total. The van der Waals surface area contributed by atoms with Gasteiger partial charge in [0.1, 0.15) is 23.9 Å². The smallest absolute Gasteiger partial charge is 0.368 e. The Morgan fingerprint density at radius 3 is 2.96 bits per heavy atom. The zero-order valence-corrected chi connectivity index (χ0v) is 17.0. The van der Waals surface area contributed by atoms with Crippen molar-refractivity contribution in [3.63, 3.8) is 0 Å². The summed E-state index contributed by atoms with van der Waals surface area (Å²) in [5.74, 6) is 0.279. The third-order valence-corrected chi connectivity index (χ3v) is 5.46. The van der Waals surface area contributed by atoms with Crippen LogP contribution in [-0.4, -0.2) is 55.2 Å². The van der Waals surface area contributed by atoms with Crippen molar-refractivity contribution < 1.29 is 23.8 Å².